The van der Waals surface area contributed by atoms with Gasteiger partial charge in [-0.15, -0.1) is 0 Å². The summed E-state index contributed by atoms with van der Waals surface area (Å²) < 4.78 is 5.47. The average Bonchev–Trinajstić information content (AvgIpc) is 3.34. The molecule has 1 saturated heterocycles. The fourth-order valence-corrected chi connectivity index (χ4v) is 6.20. The molecule has 2 N–H and O–H groups in total. The Morgan fingerprint density at radius 1 is 1.03 bits per heavy atom. The molecule has 0 radical (unpaired) electrons. The molecule has 30 heavy (non-hydrogen) atoms. The second-order valence-electron chi connectivity index (χ2n) is 7.99. The van der Waals surface area contributed by atoms with Crippen LogP contribution in [0.5, 0.6) is 0 Å². The van der Waals surface area contributed by atoms with Crippen molar-refractivity contribution in [3.63, 3.8) is 0 Å². The van der Waals surface area contributed by atoms with Gasteiger partial charge >= 0.3 is 5.97 Å². The molecule has 0 unspecified atom stereocenters. The maximum Gasteiger partial charge on any atom is 0.310 e. The summed E-state index contributed by atoms with van der Waals surface area (Å²) in [5.41, 5.74) is 1.55. The monoisotopic (exact) mass is 488 g/mol. The highest BCUT2D eigenvalue weighted by atomic mass is 79.9. The molecule has 6 nitrogen and oxygen atoms in total. The number of carbonyl (C=O) groups excluding carboxylic acids is 3. The van der Waals surface area contributed by atoms with Crippen molar-refractivity contribution >= 4 is 56.7 Å². The number of rotatable bonds is 4. The molecule has 1 heterocycles. The van der Waals surface area contributed by atoms with Crippen LogP contribution >= 0.6 is 27.5 Å². The molecule has 3 aliphatic rings. The third-order valence-electron chi connectivity index (χ3n) is 6.32. The number of ether oxygens (including phenoxy) is 1. The summed E-state index contributed by atoms with van der Waals surface area (Å²) in [5.74, 6) is -1.37. The van der Waals surface area contributed by atoms with Gasteiger partial charge in [-0.25, -0.2) is 0 Å². The Morgan fingerprint density at radius 2 is 1.80 bits per heavy atom. The van der Waals surface area contributed by atoms with Crippen molar-refractivity contribution in [3.05, 3.63) is 59.1 Å². The van der Waals surface area contributed by atoms with E-state index in [2.05, 4.69) is 26.6 Å². The van der Waals surface area contributed by atoms with E-state index in [0.29, 0.717) is 22.0 Å². The Balaban J connectivity index is 1.30. The van der Waals surface area contributed by atoms with Gasteiger partial charge < -0.3 is 15.4 Å². The Kier molecular flexibility index (Phi) is 4.82. The van der Waals surface area contributed by atoms with Crippen molar-refractivity contribution in [1.82, 2.24) is 0 Å². The van der Waals surface area contributed by atoms with Crippen molar-refractivity contribution in [1.29, 1.82) is 0 Å². The molecule has 2 amide bonds. The first kappa shape index (κ1) is 19.6. The zero-order valence-electron chi connectivity index (χ0n) is 15.7. The van der Waals surface area contributed by atoms with E-state index >= 15 is 0 Å². The number of esters is 1. The summed E-state index contributed by atoms with van der Waals surface area (Å²) in [6.07, 6.45) is 0.704. The van der Waals surface area contributed by atoms with Gasteiger partial charge in [-0.1, -0.05) is 33.6 Å². The van der Waals surface area contributed by atoms with Crippen LogP contribution < -0.4 is 10.6 Å². The fraction of sp³-hybridized carbons (Fsp3) is 0.318. The maximum atomic E-state index is 13.0. The van der Waals surface area contributed by atoms with Gasteiger partial charge in [-0.2, -0.15) is 0 Å². The summed E-state index contributed by atoms with van der Waals surface area (Å²) in [5, 5.41) is 6.28. The highest BCUT2D eigenvalue weighted by molar-refractivity contribution is 9.09. The number of nitrogens with one attached hydrogen (secondary N) is 2. The van der Waals surface area contributed by atoms with Gasteiger partial charge in [0.05, 0.1) is 16.7 Å². The SMILES string of the molecule is O=C(Nc1ccc(Cl)cc1)c1cccc(NC(=O)[C@@H]2[C@H]3C[C@H]4[C@H](OC(=O)[C@@H]42)[C@H]3Br)c1. The molecule has 5 rings (SSSR count). The van der Waals surface area contributed by atoms with Gasteiger partial charge in [-0.3, -0.25) is 14.4 Å². The van der Waals surface area contributed by atoms with E-state index in [1.54, 1.807) is 48.5 Å². The van der Waals surface area contributed by atoms with Crippen LogP contribution in [0.1, 0.15) is 16.8 Å². The van der Waals surface area contributed by atoms with Crippen molar-refractivity contribution in [2.45, 2.75) is 17.4 Å². The number of fused-ring (bicyclic) bond motifs is 1. The molecule has 2 aliphatic carbocycles. The van der Waals surface area contributed by atoms with E-state index in [-0.39, 0.29) is 46.5 Å². The Morgan fingerprint density at radius 3 is 2.57 bits per heavy atom. The van der Waals surface area contributed by atoms with Crippen molar-refractivity contribution < 1.29 is 19.1 Å². The predicted molar refractivity (Wildman–Crippen MR) is 116 cm³/mol. The smallest absolute Gasteiger partial charge is 0.310 e. The normalized spacial score (nSPS) is 30.8. The minimum atomic E-state index is -0.419. The van der Waals surface area contributed by atoms with Crippen LogP contribution in [0.15, 0.2) is 48.5 Å². The molecule has 2 saturated carbocycles. The highest BCUT2D eigenvalue weighted by Gasteiger charge is 2.67. The summed E-state index contributed by atoms with van der Waals surface area (Å²) in [6, 6.07) is 13.5. The van der Waals surface area contributed by atoms with Crippen molar-refractivity contribution in [3.8, 4) is 0 Å². The summed E-state index contributed by atoms with van der Waals surface area (Å²) in [4.78, 5) is 37.9. The van der Waals surface area contributed by atoms with E-state index in [4.69, 9.17) is 16.3 Å². The first-order valence-electron chi connectivity index (χ1n) is 9.75. The lowest BCUT2D eigenvalue weighted by molar-refractivity contribution is -0.145. The highest BCUT2D eigenvalue weighted by Crippen LogP contribution is 2.60. The molecule has 1 aliphatic heterocycles. The van der Waals surface area contributed by atoms with E-state index in [0.717, 1.165) is 6.42 Å². The minimum Gasteiger partial charge on any atom is -0.461 e. The number of halogens is 2. The van der Waals surface area contributed by atoms with Gasteiger partial charge in [0, 0.05) is 27.9 Å². The third kappa shape index (κ3) is 3.20. The Hall–Kier alpha value is -2.38. The number of anilines is 2. The Labute approximate surface area is 186 Å². The Bertz CT molecular complexity index is 1040. The molecule has 6 atom stereocenters. The second kappa shape index (κ2) is 7.39. The van der Waals surface area contributed by atoms with Gasteiger partial charge in [0.2, 0.25) is 5.91 Å². The number of amides is 2. The standard InChI is InChI=1S/C22H18BrClN2O4/c23-18-14-9-15-17(22(29)30-19(15)18)16(14)21(28)26-13-3-1-2-10(8-13)20(27)25-12-6-4-11(24)5-7-12/h1-8,14-19H,9H2,(H,25,27)(H,26,28)/t14-,15-,16-,17+,18+,19+/m1/s1. The van der Waals surface area contributed by atoms with Gasteiger partial charge in [0.15, 0.2) is 0 Å². The van der Waals surface area contributed by atoms with Crippen LogP contribution in [-0.4, -0.2) is 28.7 Å². The number of hydrogen-bond acceptors (Lipinski definition) is 4. The molecular weight excluding hydrogens is 472 g/mol. The van der Waals surface area contributed by atoms with Gasteiger partial charge in [-0.05, 0) is 54.8 Å². The van der Waals surface area contributed by atoms with Crippen LogP contribution in [0.4, 0.5) is 11.4 Å². The summed E-state index contributed by atoms with van der Waals surface area (Å²) in [7, 11) is 0. The van der Waals surface area contributed by atoms with E-state index in [1.807, 2.05) is 0 Å². The third-order valence-corrected chi connectivity index (χ3v) is 7.77. The molecule has 3 fully saturated rings. The lowest BCUT2D eigenvalue weighted by Crippen LogP contribution is -2.40. The van der Waals surface area contributed by atoms with Gasteiger partial charge in [0.1, 0.15) is 6.10 Å². The van der Waals surface area contributed by atoms with Crippen LogP contribution in [-0.2, 0) is 14.3 Å². The molecule has 0 aromatic heterocycles. The second-order valence-corrected chi connectivity index (χ2v) is 9.49. The summed E-state index contributed by atoms with van der Waals surface area (Å²) >= 11 is 9.49. The molecule has 2 aromatic carbocycles. The molecule has 2 aromatic rings. The molecule has 2 bridgehead atoms. The first-order valence-corrected chi connectivity index (χ1v) is 11.0. The quantitative estimate of drug-likeness (QED) is 0.500. The number of carbonyl (C=O) groups is 3. The molecule has 0 spiro atoms. The fourth-order valence-electron chi connectivity index (χ4n) is 5.03. The molecular formula is C22H18BrClN2O4. The van der Waals surface area contributed by atoms with E-state index in [1.165, 1.54) is 0 Å². The van der Waals surface area contributed by atoms with Crippen LogP contribution in [0, 0.1) is 23.7 Å². The molecule has 8 heteroatoms. The predicted octanol–water partition coefficient (Wildman–Crippen LogP) is 4.10. The topological polar surface area (TPSA) is 84.5 Å². The minimum absolute atomic E-state index is 0.0115. The van der Waals surface area contributed by atoms with E-state index < -0.39 is 5.92 Å². The number of alkyl halides is 1. The van der Waals surface area contributed by atoms with Gasteiger partial charge in [0.25, 0.3) is 5.91 Å². The van der Waals surface area contributed by atoms with Crippen molar-refractivity contribution in [2.24, 2.45) is 23.7 Å². The largest absolute Gasteiger partial charge is 0.461 e. The van der Waals surface area contributed by atoms with Crippen molar-refractivity contribution in [2.75, 3.05) is 10.6 Å². The number of benzene rings is 2. The zero-order chi connectivity index (χ0) is 21.0. The maximum absolute atomic E-state index is 13.0. The lowest BCUT2D eigenvalue weighted by Gasteiger charge is -2.27. The van der Waals surface area contributed by atoms with Crippen LogP contribution in [0.2, 0.25) is 5.02 Å². The average molecular weight is 490 g/mol. The van der Waals surface area contributed by atoms with E-state index in [9.17, 15) is 14.4 Å². The lowest BCUT2D eigenvalue weighted by atomic mass is 9.79. The zero-order valence-corrected chi connectivity index (χ0v) is 18.0. The summed E-state index contributed by atoms with van der Waals surface area (Å²) in [6.45, 7) is 0. The number of hydrogen-bond donors (Lipinski definition) is 2. The van der Waals surface area contributed by atoms with Crippen LogP contribution in [0.25, 0.3) is 0 Å². The molecule has 154 valence electrons. The van der Waals surface area contributed by atoms with Crippen LogP contribution in [0.3, 0.4) is 0 Å². The first-order chi connectivity index (χ1) is 14.4.